The Kier molecular flexibility index (Phi) is 1.07. The van der Waals surface area contributed by atoms with Crippen LogP contribution >= 0.6 is 0 Å². The highest BCUT2D eigenvalue weighted by molar-refractivity contribution is 5.28. The normalized spacial score (nSPS) is 48.2. The zero-order valence-corrected chi connectivity index (χ0v) is 8.27. The number of nitrogens with zero attached hydrogens (tertiary/aromatic N) is 3. The molecule has 3 aliphatic rings. The molecule has 4 nitrogen and oxygen atoms in total. The van der Waals surface area contributed by atoms with E-state index in [0.29, 0.717) is 11.5 Å². The van der Waals surface area contributed by atoms with Crippen LogP contribution in [0.4, 0.5) is 0 Å². The largest absolute Gasteiger partial charge is 0.314 e. The molecule has 74 valence electrons. The molecule has 2 saturated carbocycles. The van der Waals surface area contributed by atoms with Crippen molar-refractivity contribution in [3.05, 3.63) is 12.2 Å². The Labute approximate surface area is 82.7 Å². The lowest BCUT2D eigenvalue weighted by Gasteiger charge is -2.75. The maximum Gasteiger partial charge on any atom is 0.129 e. The van der Waals surface area contributed by atoms with Crippen LogP contribution in [0.25, 0.3) is 0 Å². The zero-order valence-electron chi connectivity index (χ0n) is 8.27. The van der Waals surface area contributed by atoms with E-state index in [0.717, 1.165) is 17.9 Å². The maximum atomic E-state index is 4.08. The molecule has 3 fully saturated rings. The van der Waals surface area contributed by atoms with Crippen molar-refractivity contribution in [1.29, 1.82) is 0 Å². The SMILES string of the molecule is Cc1nncn1C1CC2NC3CCC321. The topological polar surface area (TPSA) is 42.7 Å². The molecule has 0 aromatic carbocycles. The molecule has 4 rings (SSSR count). The fourth-order valence-corrected chi connectivity index (χ4v) is 3.76. The lowest BCUT2D eigenvalue weighted by Crippen LogP contribution is -2.84. The number of aromatic nitrogens is 3. The standard InChI is InChI=1S/C10H14N4/c1-6-13-11-5-14(6)9-4-8-10(9)3-2-7(10)12-8/h5,7-9,12H,2-4H2,1H3. The first-order valence-electron chi connectivity index (χ1n) is 5.44. The van der Waals surface area contributed by atoms with Gasteiger partial charge in [-0.1, -0.05) is 0 Å². The Balaban J connectivity index is 1.72. The fraction of sp³-hybridized carbons (Fsp3) is 0.800. The molecular formula is C10H14N4. The molecule has 0 radical (unpaired) electrons. The average Bonchev–Trinajstić information content (AvgIpc) is 2.49. The molecule has 4 atom stereocenters. The monoisotopic (exact) mass is 190 g/mol. The van der Waals surface area contributed by atoms with E-state index in [1.165, 1.54) is 19.3 Å². The molecule has 2 heterocycles. The second-order valence-corrected chi connectivity index (χ2v) is 4.96. The summed E-state index contributed by atoms with van der Waals surface area (Å²) in [4.78, 5) is 0. The molecule has 14 heavy (non-hydrogen) atoms. The third-order valence-electron chi connectivity index (χ3n) is 4.73. The smallest absolute Gasteiger partial charge is 0.129 e. The summed E-state index contributed by atoms with van der Waals surface area (Å²) in [6.45, 7) is 2.05. The number of hydrogen-bond donors (Lipinski definition) is 1. The van der Waals surface area contributed by atoms with Gasteiger partial charge in [0.1, 0.15) is 12.2 Å². The molecule has 0 amide bonds. The van der Waals surface area contributed by atoms with Gasteiger partial charge in [0.15, 0.2) is 0 Å². The Morgan fingerprint density at radius 3 is 3.00 bits per heavy atom. The molecule has 1 aromatic heterocycles. The third kappa shape index (κ3) is 0.557. The van der Waals surface area contributed by atoms with Crippen LogP contribution in [0.1, 0.15) is 31.1 Å². The predicted octanol–water partition coefficient (Wildman–Crippen LogP) is 0.652. The molecular weight excluding hydrogens is 176 g/mol. The highest BCUT2D eigenvalue weighted by Crippen LogP contribution is 2.67. The molecule has 1 aliphatic heterocycles. The summed E-state index contributed by atoms with van der Waals surface area (Å²) in [6, 6.07) is 2.28. The van der Waals surface area contributed by atoms with E-state index in [1.54, 1.807) is 0 Å². The number of nitrogens with one attached hydrogen (secondary N) is 1. The van der Waals surface area contributed by atoms with Crippen molar-refractivity contribution in [3.63, 3.8) is 0 Å². The van der Waals surface area contributed by atoms with E-state index >= 15 is 0 Å². The summed E-state index contributed by atoms with van der Waals surface area (Å²) in [7, 11) is 0. The second-order valence-electron chi connectivity index (χ2n) is 4.96. The van der Waals surface area contributed by atoms with Crippen molar-refractivity contribution < 1.29 is 0 Å². The Morgan fingerprint density at radius 1 is 1.57 bits per heavy atom. The molecule has 4 unspecified atom stereocenters. The molecule has 0 bridgehead atoms. The summed E-state index contributed by atoms with van der Waals surface area (Å²) in [6.07, 6.45) is 5.94. The molecule has 2 aliphatic carbocycles. The zero-order chi connectivity index (χ0) is 9.34. The number of rotatable bonds is 1. The summed E-state index contributed by atoms with van der Waals surface area (Å²) in [5.74, 6) is 1.07. The van der Waals surface area contributed by atoms with Crippen molar-refractivity contribution in [2.24, 2.45) is 5.41 Å². The van der Waals surface area contributed by atoms with Gasteiger partial charge in [-0.3, -0.25) is 0 Å². The van der Waals surface area contributed by atoms with E-state index in [4.69, 9.17) is 0 Å². The predicted molar refractivity (Wildman–Crippen MR) is 50.8 cm³/mol. The summed E-state index contributed by atoms with van der Waals surface area (Å²) in [5, 5.41) is 11.7. The van der Waals surface area contributed by atoms with Crippen molar-refractivity contribution in [2.75, 3.05) is 0 Å². The van der Waals surface area contributed by atoms with Crippen molar-refractivity contribution in [3.8, 4) is 0 Å². The minimum atomic E-state index is 0.604. The first kappa shape index (κ1) is 7.40. The van der Waals surface area contributed by atoms with Gasteiger partial charge in [-0.2, -0.15) is 0 Å². The lowest BCUT2D eigenvalue weighted by atomic mass is 9.41. The number of hydrogen-bond acceptors (Lipinski definition) is 3. The third-order valence-corrected chi connectivity index (χ3v) is 4.73. The highest BCUT2D eigenvalue weighted by Gasteiger charge is 2.71. The van der Waals surface area contributed by atoms with Crippen LogP contribution in [0.15, 0.2) is 6.33 Å². The Hall–Kier alpha value is -0.900. The summed E-state index contributed by atoms with van der Waals surface area (Å²) >= 11 is 0. The van der Waals surface area contributed by atoms with Gasteiger partial charge in [0.2, 0.25) is 0 Å². The summed E-state index contributed by atoms with van der Waals surface area (Å²) in [5.41, 5.74) is 0.604. The van der Waals surface area contributed by atoms with Gasteiger partial charge in [-0.25, -0.2) is 0 Å². The molecule has 4 heteroatoms. The average molecular weight is 190 g/mol. The van der Waals surface area contributed by atoms with Gasteiger partial charge in [0.05, 0.1) is 0 Å². The molecule has 1 N–H and O–H groups in total. The Bertz CT molecular complexity index is 393. The number of piperidine rings is 2. The van der Waals surface area contributed by atoms with Gasteiger partial charge in [0, 0.05) is 23.5 Å². The van der Waals surface area contributed by atoms with Crippen LogP contribution in [0.5, 0.6) is 0 Å². The molecule has 1 spiro atoms. The van der Waals surface area contributed by atoms with E-state index in [9.17, 15) is 0 Å². The highest BCUT2D eigenvalue weighted by atomic mass is 15.3. The minimum absolute atomic E-state index is 0.604. The van der Waals surface area contributed by atoms with Gasteiger partial charge in [-0.05, 0) is 26.2 Å². The van der Waals surface area contributed by atoms with Crippen LogP contribution < -0.4 is 5.32 Å². The van der Waals surface area contributed by atoms with Gasteiger partial charge in [0.25, 0.3) is 0 Å². The van der Waals surface area contributed by atoms with Crippen molar-refractivity contribution in [2.45, 2.75) is 44.3 Å². The quantitative estimate of drug-likeness (QED) is 0.707. The Morgan fingerprint density at radius 2 is 2.50 bits per heavy atom. The molecule has 1 aromatic rings. The first-order valence-corrected chi connectivity index (χ1v) is 5.44. The van der Waals surface area contributed by atoms with E-state index in [-0.39, 0.29) is 0 Å². The first-order chi connectivity index (χ1) is 6.82. The van der Waals surface area contributed by atoms with Crippen LogP contribution in [0, 0.1) is 12.3 Å². The number of aryl methyl sites for hydroxylation is 1. The minimum Gasteiger partial charge on any atom is -0.314 e. The second kappa shape index (κ2) is 2.03. The van der Waals surface area contributed by atoms with Crippen molar-refractivity contribution >= 4 is 0 Å². The fourth-order valence-electron chi connectivity index (χ4n) is 3.76. The van der Waals surface area contributed by atoms with Crippen molar-refractivity contribution in [1.82, 2.24) is 20.1 Å². The van der Waals surface area contributed by atoms with Crippen LogP contribution in [-0.4, -0.2) is 26.8 Å². The lowest BCUT2D eigenvalue weighted by molar-refractivity contribution is -0.197. The molecule has 1 saturated heterocycles. The maximum absolute atomic E-state index is 4.08. The van der Waals surface area contributed by atoms with E-state index in [2.05, 4.69) is 27.0 Å². The van der Waals surface area contributed by atoms with E-state index < -0.39 is 0 Å². The van der Waals surface area contributed by atoms with Crippen LogP contribution in [0.3, 0.4) is 0 Å². The summed E-state index contributed by atoms with van der Waals surface area (Å²) < 4.78 is 2.28. The van der Waals surface area contributed by atoms with Gasteiger partial charge >= 0.3 is 0 Å². The van der Waals surface area contributed by atoms with Crippen LogP contribution in [-0.2, 0) is 0 Å². The van der Waals surface area contributed by atoms with E-state index in [1.807, 2.05) is 6.33 Å². The van der Waals surface area contributed by atoms with Crippen LogP contribution in [0.2, 0.25) is 0 Å². The van der Waals surface area contributed by atoms with Gasteiger partial charge < -0.3 is 9.88 Å². The van der Waals surface area contributed by atoms with Gasteiger partial charge in [-0.15, -0.1) is 10.2 Å².